The summed E-state index contributed by atoms with van der Waals surface area (Å²) < 4.78 is 10.5. The molecule has 0 aliphatic rings. The van der Waals surface area contributed by atoms with E-state index in [4.69, 9.17) is 21.1 Å². The second-order valence-corrected chi connectivity index (χ2v) is 5.69. The van der Waals surface area contributed by atoms with E-state index in [-0.39, 0.29) is 0 Å². The minimum Gasteiger partial charge on any atom is -0.497 e. The summed E-state index contributed by atoms with van der Waals surface area (Å²) in [7, 11) is 3.12. The van der Waals surface area contributed by atoms with Crippen molar-refractivity contribution in [1.82, 2.24) is 0 Å². The highest BCUT2D eigenvalue weighted by atomic mass is 35.5. The Morgan fingerprint density at radius 1 is 1.17 bits per heavy atom. The molecule has 0 aliphatic heterocycles. The first-order chi connectivity index (χ1) is 11.0. The number of aliphatic carboxylic acids is 1. The number of ether oxygens (including phenoxy) is 2. The smallest absolute Gasteiger partial charge is 0.311 e. The number of benzene rings is 2. The van der Waals surface area contributed by atoms with Crippen molar-refractivity contribution in [3.8, 4) is 11.5 Å². The molecule has 23 heavy (non-hydrogen) atoms. The van der Waals surface area contributed by atoms with Gasteiger partial charge >= 0.3 is 5.97 Å². The van der Waals surface area contributed by atoms with Crippen molar-refractivity contribution in [3.05, 3.63) is 58.1 Å². The molecule has 1 N–H and O–H groups in total. The Hall–Kier alpha value is -2.20. The molecular formula is C18H19ClO4. The molecule has 1 unspecified atom stereocenters. The molecule has 1 atom stereocenters. The van der Waals surface area contributed by atoms with Gasteiger partial charge in [-0.1, -0.05) is 29.8 Å². The molecule has 2 aromatic rings. The minimum absolute atomic E-state index is 0.307. The lowest BCUT2D eigenvalue weighted by Gasteiger charge is -2.16. The van der Waals surface area contributed by atoms with Crippen molar-refractivity contribution in [2.75, 3.05) is 14.2 Å². The average molecular weight is 335 g/mol. The van der Waals surface area contributed by atoms with E-state index in [9.17, 15) is 9.90 Å². The first-order valence-corrected chi connectivity index (χ1v) is 7.53. The lowest BCUT2D eigenvalue weighted by atomic mass is 9.91. The van der Waals surface area contributed by atoms with Gasteiger partial charge in [-0.15, -0.1) is 0 Å². The Morgan fingerprint density at radius 2 is 1.91 bits per heavy atom. The molecule has 2 aromatic carbocycles. The van der Waals surface area contributed by atoms with Gasteiger partial charge in [0.1, 0.15) is 11.5 Å². The van der Waals surface area contributed by atoms with Crippen molar-refractivity contribution in [1.29, 1.82) is 0 Å². The fraction of sp³-hybridized carbons (Fsp3) is 0.278. The first kappa shape index (κ1) is 17.2. The van der Waals surface area contributed by atoms with E-state index in [0.717, 1.165) is 11.1 Å². The van der Waals surface area contributed by atoms with Crippen molar-refractivity contribution in [2.45, 2.75) is 19.3 Å². The maximum atomic E-state index is 11.7. The topological polar surface area (TPSA) is 55.8 Å². The lowest BCUT2D eigenvalue weighted by Crippen LogP contribution is -2.15. The summed E-state index contributed by atoms with van der Waals surface area (Å²) in [6.45, 7) is 1.88. The monoisotopic (exact) mass is 334 g/mol. The fourth-order valence-electron chi connectivity index (χ4n) is 2.41. The third-order valence-electron chi connectivity index (χ3n) is 3.81. The molecule has 0 spiro atoms. The summed E-state index contributed by atoms with van der Waals surface area (Å²) in [5, 5.41) is 10.2. The van der Waals surface area contributed by atoms with Crippen LogP contribution in [0.25, 0.3) is 0 Å². The quantitative estimate of drug-likeness (QED) is 0.865. The van der Waals surface area contributed by atoms with Crippen LogP contribution in [0, 0.1) is 6.92 Å². The van der Waals surface area contributed by atoms with Crippen LogP contribution in [-0.4, -0.2) is 25.3 Å². The maximum absolute atomic E-state index is 11.7. The zero-order chi connectivity index (χ0) is 17.0. The Bertz CT molecular complexity index is 712. The van der Waals surface area contributed by atoms with Crippen LogP contribution in [0.15, 0.2) is 36.4 Å². The summed E-state index contributed by atoms with van der Waals surface area (Å²) in [4.78, 5) is 11.7. The highest BCUT2D eigenvalue weighted by Crippen LogP contribution is 2.31. The summed E-state index contributed by atoms with van der Waals surface area (Å²) in [6, 6.07) is 10.7. The first-order valence-electron chi connectivity index (χ1n) is 7.16. The van der Waals surface area contributed by atoms with Crippen molar-refractivity contribution in [3.63, 3.8) is 0 Å². The Balaban J connectivity index is 2.36. The molecule has 122 valence electrons. The van der Waals surface area contributed by atoms with E-state index in [2.05, 4.69) is 0 Å². The van der Waals surface area contributed by atoms with Crippen molar-refractivity contribution >= 4 is 17.6 Å². The molecule has 0 amide bonds. The molecule has 0 radical (unpaired) electrons. The largest absolute Gasteiger partial charge is 0.497 e. The summed E-state index contributed by atoms with van der Waals surface area (Å²) >= 11 is 6.13. The zero-order valence-electron chi connectivity index (χ0n) is 13.3. The molecule has 0 saturated heterocycles. The molecule has 4 nitrogen and oxygen atoms in total. The van der Waals surface area contributed by atoms with Gasteiger partial charge in [0, 0.05) is 11.1 Å². The van der Waals surface area contributed by atoms with Gasteiger partial charge in [0.15, 0.2) is 0 Å². The van der Waals surface area contributed by atoms with Crippen LogP contribution in [0.3, 0.4) is 0 Å². The third-order valence-corrected chi connectivity index (χ3v) is 4.22. The predicted octanol–water partition coefficient (Wildman–Crippen LogP) is 4.08. The van der Waals surface area contributed by atoms with E-state index in [1.807, 2.05) is 19.1 Å². The second-order valence-electron chi connectivity index (χ2n) is 5.28. The highest BCUT2D eigenvalue weighted by Gasteiger charge is 2.23. The van der Waals surface area contributed by atoms with Crippen LogP contribution in [0.2, 0.25) is 5.02 Å². The number of carboxylic acids is 1. The third kappa shape index (κ3) is 3.96. The number of methoxy groups -OCH3 is 2. The van der Waals surface area contributed by atoms with Gasteiger partial charge in [0.25, 0.3) is 0 Å². The number of hydrogen-bond acceptors (Lipinski definition) is 3. The van der Waals surface area contributed by atoms with Gasteiger partial charge in [0.2, 0.25) is 0 Å². The Morgan fingerprint density at radius 3 is 2.48 bits per heavy atom. The normalized spacial score (nSPS) is 11.8. The number of carboxylic acid groups (broad SMARTS) is 1. The Kier molecular flexibility index (Phi) is 5.50. The van der Waals surface area contributed by atoms with E-state index in [1.54, 1.807) is 38.5 Å². The van der Waals surface area contributed by atoms with Gasteiger partial charge in [-0.2, -0.15) is 0 Å². The van der Waals surface area contributed by atoms with E-state index in [0.29, 0.717) is 28.5 Å². The molecular weight excluding hydrogens is 316 g/mol. The van der Waals surface area contributed by atoms with Crippen LogP contribution < -0.4 is 9.47 Å². The molecule has 0 heterocycles. The van der Waals surface area contributed by atoms with E-state index >= 15 is 0 Å². The van der Waals surface area contributed by atoms with Gasteiger partial charge in [-0.05, 0) is 42.2 Å². The predicted molar refractivity (Wildman–Crippen MR) is 89.8 cm³/mol. The van der Waals surface area contributed by atoms with Gasteiger partial charge < -0.3 is 14.6 Å². The number of halogens is 1. The van der Waals surface area contributed by atoms with Crippen molar-refractivity contribution < 1.29 is 19.4 Å². The highest BCUT2D eigenvalue weighted by molar-refractivity contribution is 6.31. The molecule has 5 heteroatoms. The van der Waals surface area contributed by atoms with Gasteiger partial charge in [-0.3, -0.25) is 4.79 Å². The van der Waals surface area contributed by atoms with Crippen molar-refractivity contribution in [2.24, 2.45) is 0 Å². The molecule has 0 saturated carbocycles. The molecule has 2 rings (SSSR count). The summed E-state index contributed by atoms with van der Waals surface area (Å²) in [5.41, 5.74) is 2.39. The molecule has 0 aromatic heterocycles. The lowest BCUT2D eigenvalue weighted by molar-refractivity contribution is -0.138. The van der Waals surface area contributed by atoms with Crippen LogP contribution in [0.5, 0.6) is 11.5 Å². The van der Waals surface area contributed by atoms with Crippen LogP contribution >= 0.6 is 11.6 Å². The average Bonchev–Trinajstić information content (AvgIpc) is 2.55. The SMILES string of the molecule is COc1ccc(CC(C(=O)O)c2ccc(C)c(Cl)c2)c(OC)c1. The second kappa shape index (κ2) is 7.38. The number of carbonyl (C=O) groups is 1. The van der Waals surface area contributed by atoms with Gasteiger partial charge in [-0.25, -0.2) is 0 Å². The molecule has 0 aliphatic carbocycles. The van der Waals surface area contributed by atoms with Gasteiger partial charge in [0.05, 0.1) is 20.1 Å². The molecule has 0 fully saturated rings. The number of hydrogen-bond donors (Lipinski definition) is 1. The Labute approximate surface area is 140 Å². The number of aryl methyl sites for hydroxylation is 1. The van der Waals surface area contributed by atoms with E-state index in [1.165, 1.54) is 0 Å². The standard InChI is InChI=1S/C18H19ClO4/c1-11-4-5-12(9-16(11)19)15(18(20)21)8-13-6-7-14(22-2)10-17(13)23-3/h4-7,9-10,15H,8H2,1-3H3,(H,20,21). The summed E-state index contributed by atoms with van der Waals surface area (Å²) in [6.07, 6.45) is 0.307. The van der Waals surface area contributed by atoms with Crippen LogP contribution in [0.4, 0.5) is 0 Å². The molecule has 0 bridgehead atoms. The van der Waals surface area contributed by atoms with E-state index < -0.39 is 11.9 Å². The number of rotatable bonds is 6. The maximum Gasteiger partial charge on any atom is 0.311 e. The minimum atomic E-state index is -0.900. The zero-order valence-corrected chi connectivity index (χ0v) is 14.1. The van der Waals surface area contributed by atoms with Crippen LogP contribution in [-0.2, 0) is 11.2 Å². The fourth-order valence-corrected chi connectivity index (χ4v) is 2.60. The summed E-state index contributed by atoms with van der Waals surface area (Å²) in [5.74, 6) is -0.331. The van der Waals surface area contributed by atoms with Crippen LogP contribution in [0.1, 0.15) is 22.6 Å².